The highest BCUT2D eigenvalue weighted by molar-refractivity contribution is 5.99. The van der Waals surface area contributed by atoms with Crippen LogP contribution in [0.1, 0.15) is 25.7 Å². The maximum Gasteiger partial charge on any atom is 0.312 e. The largest absolute Gasteiger partial charge is 0.469 e. The van der Waals surface area contributed by atoms with Crippen molar-refractivity contribution in [2.75, 3.05) is 19.5 Å². The monoisotopic (exact) mass is 345 g/mol. The number of carbonyl (C=O) groups excluding carboxylic acids is 3. The summed E-state index contributed by atoms with van der Waals surface area (Å²) in [6.45, 7) is 0. The maximum absolute atomic E-state index is 13.1. The van der Waals surface area contributed by atoms with E-state index >= 15 is 0 Å². The maximum atomic E-state index is 13.1. The topological polar surface area (TPSA) is 81.7 Å². The van der Waals surface area contributed by atoms with Crippen LogP contribution in [0.2, 0.25) is 0 Å². The highest BCUT2D eigenvalue weighted by Gasteiger charge is 2.63. The van der Waals surface area contributed by atoms with Crippen LogP contribution in [0.25, 0.3) is 0 Å². The molecule has 1 aromatic rings. The Morgan fingerprint density at radius 2 is 1.68 bits per heavy atom. The number of methoxy groups -OCH3 is 2. The Kier molecular flexibility index (Phi) is 4.79. The first-order chi connectivity index (χ1) is 12.0. The van der Waals surface area contributed by atoms with Crippen molar-refractivity contribution >= 4 is 23.5 Å². The molecule has 6 heteroatoms. The van der Waals surface area contributed by atoms with Crippen molar-refractivity contribution in [3.63, 3.8) is 0 Å². The molecule has 4 rings (SSSR count). The SMILES string of the molecule is COC(=O)[C@H]1C2CCC(C(=O)OC)(CC2)[C@@H]1C(=O)Nc1ccccc1. The molecule has 1 aromatic carbocycles. The van der Waals surface area contributed by atoms with Crippen LogP contribution < -0.4 is 5.32 Å². The molecule has 2 bridgehead atoms. The van der Waals surface area contributed by atoms with Crippen LogP contribution in [0.3, 0.4) is 0 Å². The predicted octanol–water partition coefficient (Wildman–Crippen LogP) is 2.39. The van der Waals surface area contributed by atoms with E-state index in [9.17, 15) is 14.4 Å². The van der Waals surface area contributed by atoms with Crippen molar-refractivity contribution in [3.8, 4) is 0 Å². The highest BCUT2D eigenvalue weighted by Crippen LogP contribution is 2.57. The Morgan fingerprint density at radius 1 is 1.04 bits per heavy atom. The zero-order valence-corrected chi connectivity index (χ0v) is 14.5. The Labute approximate surface area is 146 Å². The number of anilines is 1. The van der Waals surface area contributed by atoms with Crippen molar-refractivity contribution in [1.82, 2.24) is 0 Å². The third kappa shape index (κ3) is 2.90. The second-order valence-electron chi connectivity index (χ2n) is 6.87. The number of hydrogen-bond donors (Lipinski definition) is 1. The minimum atomic E-state index is -0.957. The van der Waals surface area contributed by atoms with Gasteiger partial charge in [0, 0.05) is 5.69 Å². The fraction of sp³-hybridized carbons (Fsp3) is 0.526. The number of fused-ring (bicyclic) bond motifs is 3. The number of para-hydroxylation sites is 1. The fourth-order valence-electron chi connectivity index (χ4n) is 4.60. The summed E-state index contributed by atoms with van der Waals surface area (Å²) in [5.74, 6) is -2.49. The van der Waals surface area contributed by atoms with E-state index in [0.29, 0.717) is 18.5 Å². The van der Waals surface area contributed by atoms with Gasteiger partial charge in [0.2, 0.25) is 5.91 Å². The first kappa shape index (κ1) is 17.5. The smallest absolute Gasteiger partial charge is 0.312 e. The van der Waals surface area contributed by atoms with Gasteiger partial charge in [0.1, 0.15) is 0 Å². The minimum absolute atomic E-state index is 0.0607. The number of amides is 1. The van der Waals surface area contributed by atoms with E-state index < -0.39 is 29.2 Å². The standard InChI is InChI=1S/C19H23NO5/c1-24-17(22)14-12-8-10-19(11-9-12,18(23)25-2)15(14)16(21)20-13-6-4-3-5-7-13/h3-7,12,14-15H,8-11H2,1-2H3,(H,20,21)/t12?,14-,15-,19?/m0/s1. The summed E-state index contributed by atoms with van der Waals surface area (Å²) in [5, 5.41) is 2.85. The predicted molar refractivity (Wildman–Crippen MR) is 90.5 cm³/mol. The number of rotatable bonds is 4. The zero-order chi connectivity index (χ0) is 18.0. The molecule has 3 aliphatic carbocycles. The molecule has 3 saturated carbocycles. The van der Waals surface area contributed by atoms with Crippen molar-refractivity contribution in [2.45, 2.75) is 25.7 Å². The van der Waals surface area contributed by atoms with E-state index in [1.54, 1.807) is 12.1 Å². The van der Waals surface area contributed by atoms with Gasteiger partial charge in [-0.25, -0.2) is 0 Å². The third-order valence-corrected chi connectivity index (χ3v) is 5.77. The summed E-state index contributed by atoms with van der Waals surface area (Å²) in [4.78, 5) is 38.1. The Bertz CT molecular complexity index is 664. The number of ether oxygens (including phenoxy) is 2. The van der Waals surface area contributed by atoms with Crippen LogP contribution in [-0.2, 0) is 23.9 Å². The molecule has 2 atom stereocenters. The summed E-state index contributed by atoms with van der Waals surface area (Å²) in [6.07, 6.45) is 2.57. The molecule has 1 amide bonds. The van der Waals surface area contributed by atoms with Gasteiger partial charge in [-0.15, -0.1) is 0 Å². The summed E-state index contributed by atoms with van der Waals surface area (Å²) in [5.41, 5.74) is -0.320. The molecular weight excluding hydrogens is 322 g/mol. The summed E-state index contributed by atoms with van der Waals surface area (Å²) >= 11 is 0. The van der Waals surface area contributed by atoms with Crippen molar-refractivity contribution in [1.29, 1.82) is 0 Å². The van der Waals surface area contributed by atoms with E-state index in [4.69, 9.17) is 9.47 Å². The third-order valence-electron chi connectivity index (χ3n) is 5.77. The van der Waals surface area contributed by atoms with Crippen molar-refractivity contribution in [2.24, 2.45) is 23.2 Å². The van der Waals surface area contributed by atoms with Gasteiger partial charge < -0.3 is 14.8 Å². The second kappa shape index (κ2) is 6.86. The van der Waals surface area contributed by atoms with Crippen molar-refractivity contribution < 1.29 is 23.9 Å². The van der Waals surface area contributed by atoms with Gasteiger partial charge in [-0.3, -0.25) is 14.4 Å². The van der Waals surface area contributed by atoms with Gasteiger partial charge in [0.15, 0.2) is 0 Å². The summed E-state index contributed by atoms with van der Waals surface area (Å²) in [6, 6.07) is 9.03. The van der Waals surface area contributed by atoms with E-state index in [-0.39, 0.29) is 11.8 Å². The quantitative estimate of drug-likeness (QED) is 0.848. The average Bonchev–Trinajstić information content (AvgIpc) is 2.67. The molecule has 25 heavy (non-hydrogen) atoms. The first-order valence-corrected chi connectivity index (χ1v) is 8.55. The highest BCUT2D eigenvalue weighted by atomic mass is 16.5. The van der Waals surface area contributed by atoms with Gasteiger partial charge >= 0.3 is 11.9 Å². The molecular formula is C19H23NO5. The Hall–Kier alpha value is -2.37. The molecule has 0 radical (unpaired) electrons. The molecule has 0 unspecified atom stereocenters. The normalized spacial score (nSPS) is 30.4. The van der Waals surface area contributed by atoms with E-state index in [2.05, 4.69) is 5.32 Å². The summed E-state index contributed by atoms with van der Waals surface area (Å²) in [7, 11) is 2.65. The average molecular weight is 345 g/mol. The molecule has 3 fully saturated rings. The van der Waals surface area contributed by atoms with Crippen LogP contribution >= 0.6 is 0 Å². The van der Waals surface area contributed by atoms with Crippen LogP contribution in [0.4, 0.5) is 5.69 Å². The molecule has 3 aliphatic rings. The van der Waals surface area contributed by atoms with E-state index in [1.165, 1.54) is 14.2 Å². The molecule has 0 saturated heterocycles. The molecule has 6 nitrogen and oxygen atoms in total. The van der Waals surface area contributed by atoms with Gasteiger partial charge in [0.05, 0.1) is 31.5 Å². The minimum Gasteiger partial charge on any atom is -0.469 e. The van der Waals surface area contributed by atoms with Crippen LogP contribution in [0.15, 0.2) is 30.3 Å². The molecule has 0 aromatic heterocycles. The lowest BCUT2D eigenvalue weighted by molar-refractivity contribution is -0.182. The van der Waals surface area contributed by atoms with E-state index in [1.807, 2.05) is 18.2 Å². The van der Waals surface area contributed by atoms with Crippen LogP contribution in [0, 0.1) is 23.2 Å². The summed E-state index contributed by atoms with van der Waals surface area (Å²) < 4.78 is 9.99. The van der Waals surface area contributed by atoms with Gasteiger partial charge in [-0.2, -0.15) is 0 Å². The Morgan fingerprint density at radius 3 is 2.24 bits per heavy atom. The van der Waals surface area contributed by atoms with Gasteiger partial charge in [0.25, 0.3) is 0 Å². The lowest BCUT2D eigenvalue weighted by atomic mass is 9.50. The van der Waals surface area contributed by atoms with Gasteiger partial charge in [-0.05, 0) is 43.7 Å². The van der Waals surface area contributed by atoms with E-state index in [0.717, 1.165) is 12.8 Å². The lowest BCUT2D eigenvalue weighted by Crippen LogP contribution is -2.59. The number of esters is 2. The van der Waals surface area contributed by atoms with Crippen molar-refractivity contribution in [3.05, 3.63) is 30.3 Å². The van der Waals surface area contributed by atoms with Crippen LogP contribution in [0.5, 0.6) is 0 Å². The molecule has 0 heterocycles. The molecule has 134 valence electrons. The van der Waals surface area contributed by atoms with Gasteiger partial charge in [-0.1, -0.05) is 18.2 Å². The fourth-order valence-corrected chi connectivity index (χ4v) is 4.60. The Balaban J connectivity index is 1.98. The number of carbonyl (C=O) groups is 3. The number of hydrogen-bond acceptors (Lipinski definition) is 5. The second-order valence-corrected chi connectivity index (χ2v) is 6.87. The number of nitrogens with one attached hydrogen (secondary N) is 1. The molecule has 0 spiro atoms. The molecule has 0 aliphatic heterocycles. The van der Waals surface area contributed by atoms with Crippen LogP contribution in [-0.4, -0.2) is 32.1 Å². The number of benzene rings is 1. The first-order valence-electron chi connectivity index (χ1n) is 8.55. The lowest BCUT2D eigenvalue weighted by Gasteiger charge is -2.52. The molecule has 1 N–H and O–H groups in total. The zero-order valence-electron chi connectivity index (χ0n) is 14.5.